The highest BCUT2D eigenvalue weighted by molar-refractivity contribution is 7.93. The fourth-order valence-electron chi connectivity index (χ4n) is 2.37. The van der Waals surface area contributed by atoms with Gasteiger partial charge >= 0.3 is 0 Å². The van der Waals surface area contributed by atoms with Gasteiger partial charge in [0.2, 0.25) is 0 Å². The number of rotatable bonds is 3. The van der Waals surface area contributed by atoms with Crippen molar-refractivity contribution in [2.45, 2.75) is 11.8 Å². The van der Waals surface area contributed by atoms with Gasteiger partial charge in [0, 0.05) is 5.39 Å². The summed E-state index contributed by atoms with van der Waals surface area (Å²) in [4.78, 5) is 0.147. The Bertz CT molecular complexity index is 997. The third-order valence-corrected chi connectivity index (χ3v) is 5.27. The summed E-state index contributed by atoms with van der Waals surface area (Å²) >= 11 is 5.95. The van der Waals surface area contributed by atoms with Gasteiger partial charge in [0.1, 0.15) is 5.82 Å². The van der Waals surface area contributed by atoms with Crippen LogP contribution < -0.4 is 4.72 Å². The Hall–Kier alpha value is -2.11. The van der Waals surface area contributed by atoms with Crippen molar-refractivity contribution in [3.8, 4) is 0 Å². The molecule has 118 valence electrons. The van der Waals surface area contributed by atoms with Gasteiger partial charge in [-0.2, -0.15) is 0 Å². The van der Waals surface area contributed by atoms with Gasteiger partial charge in [-0.3, -0.25) is 4.72 Å². The first-order valence-electron chi connectivity index (χ1n) is 6.85. The molecule has 0 saturated carbocycles. The number of anilines is 1. The SMILES string of the molecule is Cc1cc(NS(=O)(=O)c2cccc3ccccc23)c(Cl)cc1F. The third-order valence-electron chi connectivity index (χ3n) is 3.53. The normalized spacial score (nSPS) is 11.6. The molecule has 0 amide bonds. The number of aryl methyl sites for hydroxylation is 1. The average molecular weight is 350 g/mol. The molecule has 0 heterocycles. The molecule has 0 fully saturated rings. The molecule has 3 aromatic rings. The molecule has 23 heavy (non-hydrogen) atoms. The smallest absolute Gasteiger partial charge is 0.262 e. The molecule has 0 aliphatic rings. The summed E-state index contributed by atoms with van der Waals surface area (Å²) in [6.45, 7) is 1.54. The summed E-state index contributed by atoms with van der Waals surface area (Å²) in [6.07, 6.45) is 0. The Kier molecular flexibility index (Phi) is 4.00. The van der Waals surface area contributed by atoms with Crippen LogP contribution in [-0.2, 0) is 10.0 Å². The van der Waals surface area contributed by atoms with E-state index in [0.717, 1.165) is 11.5 Å². The van der Waals surface area contributed by atoms with E-state index in [9.17, 15) is 12.8 Å². The minimum absolute atomic E-state index is 0.0110. The molecule has 0 atom stereocenters. The van der Waals surface area contributed by atoms with Crippen molar-refractivity contribution < 1.29 is 12.8 Å². The summed E-state index contributed by atoms with van der Waals surface area (Å²) in [5.41, 5.74) is 0.462. The van der Waals surface area contributed by atoms with E-state index >= 15 is 0 Å². The lowest BCUT2D eigenvalue weighted by molar-refractivity contribution is 0.601. The van der Waals surface area contributed by atoms with Crippen molar-refractivity contribution in [2.75, 3.05) is 4.72 Å². The maximum absolute atomic E-state index is 13.5. The first kappa shape index (κ1) is 15.8. The molecule has 0 aliphatic heterocycles. The van der Waals surface area contributed by atoms with Crippen molar-refractivity contribution in [2.24, 2.45) is 0 Å². The van der Waals surface area contributed by atoms with Crippen molar-refractivity contribution in [3.63, 3.8) is 0 Å². The lowest BCUT2D eigenvalue weighted by atomic mass is 10.1. The van der Waals surface area contributed by atoms with Crippen LogP contribution >= 0.6 is 11.6 Å². The van der Waals surface area contributed by atoms with Crippen molar-refractivity contribution >= 4 is 38.1 Å². The second kappa shape index (κ2) is 5.83. The Balaban J connectivity index is 2.10. The number of nitrogens with one attached hydrogen (secondary N) is 1. The summed E-state index contributed by atoms with van der Waals surface area (Å²) in [5, 5.41) is 1.44. The number of hydrogen-bond acceptors (Lipinski definition) is 2. The first-order valence-corrected chi connectivity index (χ1v) is 8.71. The van der Waals surface area contributed by atoms with Gasteiger partial charge in [-0.15, -0.1) is 0 Å². The molecule has 0 radical (unpaired) electrons. The van der Waals surface area contributed by atoms with E-state index in [1.54, 1.807) is 25.1 Å². The topological polar surface area (TPSA) is 46.2 Å². The van der Waals surface area contributed by atoms with Gasteiger partial charge in [0.25, 0.3) is 10.0 Å². The van der Waals surface area contributed by atoms with Gasteiger partial charge in [0.15, 0.2) is 0 Å². The third kappa shape index (κ3) is 3.02. The van der Waals surface area contributed by atoms with E-state index in [-0.39, 0.29) is 15.6 Å². The highest BCUT2D eigenvalue weighted by atomic mass is 35.5. The summed E-state index contributed by atoms with van der Waals surface area (Å²) in [7, 11) is -3.85. The molecule has 0 saturated heterocycles. The van der Waals surface area contributed by atoms with Crippen LogP contribution in [0, 0.1) is 12.7 Å². The van der Waals surface area contributed by atoms with E-state index in [0.29, 0.717) is 10.9 Å². The minimum Gasteiger partial charge on any atom is -0.278 e. The van der Waals surface area contributed by atoms with Crippen LogP contribution in [0.3, 0.4) is 0 Å². The molecular formula is C17H13ClFNO2S. The van der Waals surface area contributed by atoms with Gasteiger partial charge in [-0.05, 0) is 36.1 Å². The molecule has 0 aliphatic carbocycles. The van der Waals surface area contributed by atoms with Crippen LogP contribution in [0.15, 0.2) is 59.5 Å². The lowest BCUT2D eigenvalue weighted by Gasteiger charge is -2.12. The Morgan fingerprint density at radius 3 is 2.52 bits per heavy atom. The monoisotopic (exact) mass is 349 g/mol. The number of sulfonamides is 1. The van der Waals surface area contributed by atoms with E-state index in [1.807, 2.05) is 18.2 Å². The average Bonchev–Trinajstić information content (AvgIpc) is 2.52. The number of fused-ring (bicyclic) bond motifs is 1. The fraction of sp³-hybridized carbons (Fsp3) is 0.0588. The van der Waals surface area contributed by atoms with Crippen LogP contribution in [0.2, 0.25) is 5.02 Å². The molecule has 0 unspecified atom stereocenters. The van der Waals surface area contributed by atoms with Crippen LogP contribution in [0.4, 0.5) is 10.1 Å². The van der Waals surface area contributed by atoms with Crippen LogP contribution in [-0.4, -0.2) is 8.42 Å². The first-order chi connectivity index (χ1) is 10.9. The number of benzene rings is 3. The fourth-order valence-corrected chi connectivity index (χ4v) is 3.92. The zero-order valence-corrected chi connectivity index (χ0v) is 13.7. The van der Waals surface area contributed by atoms with E-state index < -0.39 is 15.8 Å². The number of hydrogen-bond donors (Lipinski definition) is 1. The zero-order valence-electron chi connectivity index (χ0n) is 12.2. The molecule has 0 spiro atoms. The second-order valence-electron chi connectivity index (χ2n) is 5.16. The highest BCUT2D eigenvalue weighted by Crippen LogP contribution is 2.29. The lowest BCUT2D eigenvalue weighted by Crippen LogP contribution is -2.14. The van der Waals surface area contributed by atoms with Crippen LogP contribution in [0.25, 0.3) is 10.8 Å². The van der Waals surface area contributed by atoms with E-state index in [4.69, 9.17) is 11.6 Å². The van der Waals surface area contributed by atoms with Crippen molar-refractivity contribution in [1.29, 1.82) is 0 Å². The number of halogens is 2. The quantitative estimate of drug-likeness (QED) is 0.742. The predicted octanol–water partition coefficient (Wildman–Crippen LogP) is 4.74. The Labute approximate surface area is 138 Å². The van der Waals surface area contributed by atoms with Crippen molar-refractivity contribution in [3.05, 3.63) is 71.0 Å². The van der Waals surface area contributed by atoms with Gasteiger partial charge in [0.05, 0.1) is 15.6 Å². The van der Waals surface area contributed by atoms with Gasteiger partial charge in [-0.1, -0.05) is 48.0 Å². The molecule has 3 rings (SSSR count). The molecule has 3 nitrogen and oxygen atoms in total. The van der Waals surface area contributed by atoms with Crippen LogP contribution in [0.5, 0.6) is 0 Å². The summed E-state index contributed by atoms with van der Waals surface area (Å²) < 4.78 is 41.3. The molecule has 0 bridgehead atoms. The zero-order chi connectivity index (χ0) is 16.6. The van der Waals surface area contributed by atoms with Gasteiger partial charge in [-0.25, -0.2) is 12.8 Å². The predicted molar refractivity (Wildman–Crippen MR) is 90.9 cm³/mol. The highest BCUT2D eigenvalue weighted by Gasteiger charge is 2.19. The Morgan fingerprint density at radius 2 is 1.74 bits per heavy atom. The second-order valence-corrected chi connectivity index (χ2v) is 7.22. The molecule has 6 heteroatoms. The Morgan fingerprint density at radius 1 is 1.04 bits per heavy atom. The summed E-state index contributed by atoms with van der Waals surface area (Å²) in [5.74, 6) is -0.483. The maximum atomic E-state index is 13.5. The largest absolute Gasteiger partial charge is 0.278 e. The standard InChI is InChI=1S/C17H13ClFNO2S/c1-11-9-16(14(18)10-15(11)19)20-23(21,22)17-8-4-6-12-5-2-3-7-13(12)17/h2-10,20H,1H3. The molecule has 0 aromatic heterocycles. The summed E-state index contributed by atoms with van der Waals surface area (Å²) in [6, 6.07) is 14.7. The molecule has 3 aromatic carbocycles. The van der Waals surface area contributed by atoms with Gasteiger partial charge < -0.3 is 0 Å². The molecule has 1 N–H and O–H groups in total. The minimum atomic E-state index is -3.85. The van der Waals surface area contributed by atoms with E-state index in [2.05, 4.69) is 4.72 Å². The van der Waals surface area contributed by atoms with E-state index in [1.165, 1.54) is 12.1 Å². The maximum Gasteiger partial charge on any atom is 0.262 e. The van der Waals surface area contributed by atoms with Crippen LogP contribution in [0.1, 0.15) is 5.56 Å². The molecular weight excluding hydrogens is 337 g/mol. The van der Waals surface area contributed by atoms with Crippen molar-refractivity contribution in [1.82, 2.24) is 0 Å².